The smallest absolute Gasteiger partial charge is 0.332 e. The summed E-state index contributed by atoms with van der Waals surface area (Å²) in [7, 11) is -1.72. The van der Waals surface area contributed by atoms with Gasteiger partial charge < -0.3 is 9.72 Å². The highest BCUT2D eigenvalue weighted by Crippen LogP contribution is 2.36. The van der Waals surface area contributed by atoms with Gasteiger partial charge in [-0.15, -0.1) is 0 Å². The zero-order valence-corrected chi connectivity index (χ0v) is 20.2. The van der Waals surface area contributed by atoms with Crippen molar-refractivity contribution in [3.05, 3.63) is 86.2 Å². The first-order valence-corrected chi connectivity index (χ1v) is 12.4. The number of hydrogen-bond acceptors (Lipinski definition) is 5. The predicted molar refractivity (Wildman–Crippen MR) is 130 cm³/mol. The molecule has 0 aliphatic carbocycles. The number of H-pyrrole nitrogens is 1. The minimum Gasteiger partial charge on any atom is -0.496 e. The van der Waals surface area contributed by atoms with Gasteiger partial charge in [0, 0.05) is 23.5 Å². The van der Waals surface area contributed by atoms with Gasteiger partial charge in [-0.25, -0.2) is 17.8 Å². The maximum Gasteiger partial charge on any atom is 0.332 e. The van der Waals surface area contributed by atoms with Crippen LogP contribution in [0.15, 0.2) is 58.3 Å². The fourth-order valence-corrected chi connectivity index (χ4v) is 4.25. The van der Waals surface area contributed by atoms with E-state index in [2.05, 4.69) is 9.71 Å². The summed E-state index contributed by atoms with van der Waals surface area (Å²) < 4.78 is 32.1. The molecule has 1 heterocycles. The molecule has 176 valence electrons. The van der Waals surface area contributed by atoms with Crippen molar-refractivity contribution in [1.29, 1.82) is 0 Å². The summed E-state index contributed by atoms with van der Waals surface area (Å²) >= 11 is 0. The van der Waals surface area contributed by atoms with Crippen LogP contribution in [0.2, 0.25) is 0 Å². The Morgan fingerprint density at radius 3 is 2.24 bits per heavy atom. The lowest BCUT2D eigenvalue weighted by atomic mass is 9.84. The topological polar surface area (TPSA) is 110 Å². The number of aromatic nitrogens is 2. The fourth-order valence-electron chi connectivity index (χ4n) is 3.69. The number of sulfonamides is 1. The van der Waals surface area contributed by atoms with Crippen LogP contribution in [0.4, 0.5) is 5.69 Å². The monoisotopic (exact) mass is 471 g/mol. The number of nitrogens with zero attached hydrogens (tertiary/aromatic N) is 1. The Morgan fingerprint density at radius 2 is 1.70 bits per heavy atom. The summed E-state index contributed by atoms with van der Waals surface area (Å²) in [5.41, 5.74) is 2.53. The van der Waals surface area contributed by atoms with E-state index in [-0.39, 0.29) is 5.41 Å². The second-order valence-corrected chi connectivity index (χ2v) is 10.7. The van der Waals surface area contributed by atoms with Crippen LogP contribution in [-0.4, -0.2) is 31.3 Å². The van der Waals surface area contributed by atoms with Gasteiger partial charge >= 0.3 is 5.69 Å². The van der Waals surface area contributed by atoms with E-state index in [0.29, 0.717) is 24.2 Å². The Balaban J connectivity index is 2.02. The van der Waals surface area contributed by atoms with Crippen LogP contribution in [0.1, 0.15) is 37.5 Å². The highest BCUT2D eigenvalue weighted by Gasteiger charge is 2.23. The molecule has 3 rings (SSSR count). The molecule has 33 heavy (non-hydrogen) atoms. The lowest BCUT2D eigenvalue weighted by Crippen LogP contribution is -2.32. The Hall–Kier alpha value is -3.33. The standard InChI is InChI=1S/C24H29N3O5S/c1-24(2,3)20-15-19(27-21(28)12-13-25-23(27)29)14-17(22(20)32-4)9-6-16-7-10-18(11-8-16)26-33(5,30)31/h7-8,10-15,26H,6,9H2,1-5H3,(H,25,29). The van der Waals surface area contributed by atoms with Gasteiger partial charge in [0.1, 0.15) is 5.75 Å². The quantitative estimate of drug-likeness (QED) is 0.550. The predicted octanol–water partition coefficient (Wildman–Crippen LogP) is 2.99. The lowest BCUT2D eigenvalue weighted by molar-refractivity contribution is 0.392. The summed E-state index contributed by atoms with van der Waals surface area (Å²) in [4.78, 5) is 27.4. The molecule has 1 aromatic heterocycles. The number of hydrogen-bond donors (Lipinski definition) is 2. The van der Waals surface area contributed by atoms with Gasteiger partial charge in [-0.2, -0.15) is 0 Å². The third-order valence-electron chi connectivity index (χ3n) is 5.22. The van der Waals surface area contributed by atoms with E-state index in [9.17, 15) is 18.0 Å². The summed E-state index contributed by atoms with van der Waals surface area (Å²) in [5, 5.41) is 0. The van der Waals surface area contributed by atoms with Crippen molar-refractivity contribution in [3.63, 3.8) is 0 Å². The first-order chi connectivity index (χ1) is 15.4. The number of aromatic amines is 1. The Morgan fingerprint density at radius 1 is 1.03 bits per heavy atom. The summed E-state index contributed by atoms with van der Waals surface area (Å²) in [5.74, 6) is 0.724. The molecule has 0 bridgehead atoms. The molecule has 0 saturated heterocycles. The molecule has 0 aliphatic rings. The highest BCUT2D eigenvalue weighted by atomic mass is 32.2. The van der Waals surface area contributed by atoms with Crippen LogP contribution in [0.5, 0.6) is 5.75 Å². The van der Waals surface area contributed by atoms with E-state index in [1.165, 1.54) is 12.3 Å². The number of anilines is 1. The average Bonchev–Trinajstić information content (AvgIpc) is 2.71. The molecule has 0 atom stereocenters. The molecular weight excluding hydrogens is 442 g/mol. The normalized spacial score (nSPS) is 11.9. The van der Waals surface area contributed by atoms with Crippen molar-refractivity contribution < 1.29 is 13.2 Å². The van der Waals surface area contributed by atoms with Crippen molar-refractivity contribution >= 4 is 15.7 Å². The molecule has 2 aromatic carbocycles. The second-order valence-electron chi connectivity index (χ2n) is 8.96. The maximum atomic E-state index is 12.4. The van der Waals surface area contributed by atoms with E-state index in [0.717, 1.165) is 33.3 Å². The molecular formula is C24H29N3O5S. The van der Waals surface area contributed by atoms with E-state index < -0.39 is 21.3 Å². The second kappa shape index (κ2) is 9.27. The molecule has 0 fully saturated rings. The van der Waals surface area contributed by atoms with E-state index in [4.69, 9.17) is 4.74 Å². The number of rotatable bonds is 7. The van der Waals surface area contributed by atoms with Crippen molar-refractivity contribution in [2.75, 3.05) is 18.1 Å². The van der Waals surface area contributed by atoms with Gasteiger partial charge in [-0.3, -0.25) is 9.52 Å². The van der Waals surface area contributed by atoms with Crippen molar-refractivity contribution in [2.24, 2.45) is 0 Å². The van der Waals surface area contributed by atoms with E-state index in [1.807, 2.05) is 45.0 Å². The Labute approximate surface area is 193 Å². The number of benzene rings is 2. The van der Waals surface area contributed by atoms with Gasteiger partial charge in [-0.05, 0) is 53.6 Å². The molecule has 0 saturated carbocycles. The van der Waals surface area contributed by atoms with E-state index >= 15 is 0 Å². The van der Waals surface area contributed by atoms with Gasteiger partial charge in [-0.1, -0.05) is 32.9 Å². The molecule has 0 aliphatic heterocycles. The molecule has 2 N–H and O–H groups in total. The molecule has 0 amide bonds. The molecule has 9 heteroatoms. The van der Waals surface area contributed by atoms with Gasteiger partial charge in [0.2, 0.25) is 10.0 Å². The third-order valence-corrected chi connectivity index (χ3v) is 5.82. The zero-order chi connectivity index (χ0) is 24.4. The minimum atomic E-state index is -3.33. The van der Waals surface area contributed by atoms with Crippen LogP contribution >= 0.6 is 0 Å². The van der Waals surface area contributed by atoms with Crippen molar-refractivity contribution in [1.82, 2.24) is 9.55 Å². The zero-order valence-electron chi connectivity index (χ0n) is 19.4. The number of ether oxygens (including phenoxy) is 1. The molecule has 0 unspecified atom stereocenters. The first-order valence-electron chi connectivity index (χ1n) is 10.5. The SMILES string of the molecule is COc1c(CCc2ccc(NS(C)(=O)=O)cc2)cc(-n2c(=O)cc[nH]c2=O)cc1C(C)(C)C. The Kier molecular flexibility index (Phi) is 6.83. The van der Waals surface area contributed by atoms with Crippen LogP contribution in [0, 0.1) is 0 Å². The molecule has 0 spiro atoms. The van der Waals surface area contributed by atoms with E-state index in [1.54, 1.807) is 19.2 Å². The number of nitrogens with one attached hydrogen (secondary N) is 2. The van der Waals surface area contributed by atoms with Crippen LogP contribution in [0.25, 0.3) is 5.69 Å². The minimum absolute atomic E-state index is 0.291. The lowest BCUT2D eigenvalue weighted by Gasteiger charge is -2.25. The summed E-state index contributed by atoms with van der Waals surface area (Å²) in [6, 6.07) is 12.1. The van der Waals surface area contributed by atoms with Crippen LogP contribution in [-0.2, 0) is 28.3 Å². The highest BCUT2D eigenvalue weighted by molar-refractivity contribution is 7.92. The summed E-state index contributed by atoms with van der Waals surface area (Å²) in [6.45, 7) is 6.14. The van der Waals surface area contributed by atoms with Crippen molar-refractivity contribution in [3.8, 4) is 11.4 Å². The Bertz CT molecular complexity index is 1340. The fraction of sp³-hybridized carbons (Fsp3) is 0.333. The third kappa shape index (κ3) is 5.92. The van der Waals surface area contributed by atoms with Gasteiger partial charge in [0.25, 0.3) is 5.56 Å². The first kappa shape index (κ1) is 24.3. The molecule has 3 aromatic rings. The van der Waals surface area contributed by atoms with Gasteiger partial charge in [0.05, 0.1) is 19.1 Å². The largest absolute Gasteiger partial charge is 0.496 e. The molecule has 0 radical (unpaired) electrons. The number of aryl methyl sites for hydroxylation is 2. The average molecular weight is 472 g/mol. The maximum absolute atomic E-state index is 12.4. The van der Waals surface area contributed by atoms with Crippen molar-refractivity contribution in [2.45, 2.75) is 39.0 Å². The summed E-state index contributed by atoms with van der Waals surface area (Å²) in [6.07, 6.45) is 3.69. The van der Waals surface area contributed by atoms with Crippen LogP contribution < -0.4 is 20.7 Å². The van der Waals surface area contributed by atoms with Crippen LogP contribution in [0.3, 0.4) is 0 Å². The van der Waals surface area contributed by atoms with Gasteiger partial charge in [0.15, 0.2) is 0 Å². The molecule has 8 nitrogen and oxygen atoms in total. The number of methoxy groups -OCH3 is 1.